The van der Waals surface area contributed by atoms with Crippen molar-refractivity contribution in [2.45, 2.75) is 6.54 Å². The number of H-pyrrole nitrogens is 1. The average molecular weight is 474 g/mol. The molecule has 2 aromatic carbocycles. The van der Waals surface area contributed by atoms with Crippen LogP contribution in [0.4, 0.5) is 4.79 Å². The lowest BCUT2D eigenvalue weighted by Gasteiger charge is -2.33. The van der Waals surface area contributed by atoms with Crippen LogP contribution in [0.5, 0.6) is 11.8 Å². The van der Waals surface area contributed by atoms with Gasteiger partial charge in [-0.1, -0.05) is 18.2 Å². The molecule has 1 amide bonds. The highest BCUT2D eigenvalue weighted by Crippen LogP contribution is 2.26. The molecule has 0 unspecified atom stereocenters. The van der Waals surface area contributed by atoms with E-state index in [4.69, 9.17) is 9.57 Å². The predicted molar refractivity (Wildman–Crippen MR) is 131 cm³/mol. The van der Waals surface area contributed by atoms with Gasteiger partial charge in [-0.3, -0.25) is 10.00 Å². The molecule has 0 atom stereocenters. The van der Waals surface area contributed by atoms with Crippen molar-refractivity contribution in [2.75, 3.05) is 40.3 Å². The molecule has 0 bridgehead atoms. The number of ether oxygens (including phenoxy) is 1. The van der Waals surface area contributed by atoms with Crippen LogP contribution in [0.1, 0.15) is 5.56 Å². The van der Waals surface area contributed by atoms with Crippen LogP contribution < -0.4 is 4.74 Å². The highest BCUT2D eigenvalue weighted by atomic mass is 16.7. The van der Waals surface area contributed by atoms with Crippen LogP contribution in [0.15, 0.2) is 61.1 Å². The number of carbonyl (C=O) groups is 1. The predicted octanol–water partition coefficient (Wildman–Crippen LogP) is 3.54. The van der Waals surface area contributed by atoms with Crippen LogP contribution in [-0.2, 0) is 11.4 Å². The number of aromatic amines is 1. The summed E-state index contributed by atoms with van der Waals surface area (Å²) in [7, 11) is 3.36. The average Bonchev–Trinajstić information content (AvgIpc) is 3.41. The highest BCUT2D eigenvalue weighted by Gasteiger charge is 2.21. The second kappa shape index (κ2) is 10.1. The van der Waals surface area contributed by atoms with Gasteiger partial charge in [0.1, 0.15) is 5.75 Å². The Labute approximate surface area is 203 Å². The van der Waals surface area contributed by atoms with Gasteiger partial charge in [0.25, 0.3) is 0 Å². The molecule has 1 aliphatic rings. The van der Waals surface area contributed by atoms with E-state index in [0.717, 1.165) is 41.7 Å². The molecule has 5 rings (SSSR count). The van der Waals surface area contributed by atoms with Crippen molar-refractivity contribution in [1.82, 2.24) is 35.0 Å². The van der Waals surface area contributed by atoms with E-state index in [1.807, 2.05) is 24.3 Å². The quantitative estimate of drug-likeness (QED) is 0.454. The number of hydroxylamine groups is 2. The van der Waals surface area contributed by atoms with Crippen molar-refractivity contribution in [3.8, 4) is 23.0 Å². The first-order chi connectivity index (χ1) is 17.0. The Morgan fingerprint density at radius 3 is 2.46 bits per heavy atom. The first-order valence-electron chi connectivity index (χ1n) is 11.4. The summed E-state index contributed by atoms with van der Waals surface area (Å²) in [6.07, 6.45) is 4.75. The Hall–Kier alpha value is -4.02. The normalized spacial score (nSPS) is 14.7. The Kier molecular flexibility index (Phi) is 6.55. The molecule has 0 radical (unpaired) electrons. The molecule has 0 aliphatic carbocycles. The van der Waals surface area contributed by atoms with Crippen molar-refractivity contribution >= 4 is 16.9 Å². The zero-order valence-corrected chi connectivity index (χ0v) is 19.7. The standard InChI is InChI=1S/C25H27N7O3/c1-30(2)25(33)35-32-11-9-31(10-12-32)17-18-3-4-20-14-22(6-5-19(20)13-18)34-24-26-15-21(16-27-24)23-7-8-28-29-23/h3-8,13-16H,9-12,17H2,1-2H3,(H,28,29). The molecule has 1 aliphatic heterocycles. The number of amides is 1. The van der Waals surface area contributed by atoms with Gasteiger partial charge in [0.05, 0.1) is 5.69 Å². The van der Waals surface area contributed by atoms with Crippen molar-refractivity contribution in [2.24, 2.45) is 0 Å². The summed E-state index contributed by atoms with van der Waals surface area (Å²) in [6, 6.07) is 14.6. The van der Waals surface area contributed by atoms with Gasteiger partial charge in [0.15, 0.2) is 0 Å². The molecule has 1 N–H and O–H groups in total. The molecule has 0 saturated carbocycles. The van der Waals surface area contributed by atoms with Crippen molar-refractivity contribution in [1.29, 1.82) is 0 Å². The number of fused-ring (bicyclic) bond motifs is 1. The minimum absolute atomic E-state index is 0.291. The SMILES string of the molecule is CN(C)C(=O)ON1CCN(Cc2ccc3cc(Oc4ncc(-c5ccn[nH]5)cn4)ccc3c2)CC1. The number of hydrogen-bond acceptors (Lipinski definition) is 8. The molecule has 1 fully saturated rings. The zero-order chi connectivity index (χ0) is 24.2. The lowest BCUT2D eigenvalue weighted by atomic mass is 10.1. The van der Waals surface area contributed by atoms with E-state index in [-0.39, 0.29) is 6.09 Å². The Balaban J connectivity index is 1.18. The van der Waals surface area contributed by atoms with Crippen LogP contribution in [-0.4, -0.2) is 81.4 Å². The molecule has 35 heavy (non-hydrogen) atoms. The van der Waals surface area contributed by atoms with E-state index < -0.39 is 0 Å². The topological polar surface area (TPSA) is 99.7 Å². The van der Waals surface area contributed by atoms with Crippen molar-refractivity contribution in [3.63, 3.8) is 0 Å². The fourth-order valence-corrected chi connectivity index (χ4v) is 3.89. The number of carbonyl (C=O) groups excluding carboxylic acids is 1. The lowest BCUT2D eigenvalue weighted by Crippen LogP contribution is -2.47. The smallest absolute Gasteiger partial charge is 0.424 e. The van der Waals surface area contributed by atoms with Crippen LogP contribution >= 0.6 is 0 Å². The first-order valence-corrected chi connectivity index (χ1v) is 11.4. The van der Waals surface area contributed by atoms with Gasteiger partial charge in [-0.25, -0.2) is 14.8 Å². The van der Waals surface area contributed by atoms with E-state index in [2.05, 4.69) is 43.3 Å². The van der Waals surface area contributed by atoms with Crippen LogP contribution in [0.3, 0.4) is 0 Å². The summed E-state index contributed by atoms with van der Waals surface area (Å²) < 4.78 is 5.86. The molecule has 10 heteroatoms. The van der Waals surface area contributed by atoms with Crippen LogP contribution in [0, 0.1) is 0 Å². The summed E-state index contributed by atoms with van der Waals surface area (Å²) in [5.41, 5.74) is 2.94. The number of nitrogens with zero attached hydrogens (tertiary/aromatic N) is 6. The van der Waals surface area contributed by atoms with E-state index in [0.29, 0.717) is 24.8 Å². The van der Waals surface area contributed by atoms with E-state index in [1.54, 1.807) is 37.7 Å². The monoisotopic (exact) mass is 473 g/mol. The Bertz CT molecular complexity index is 1280. The molecule has 4 aromatic rings. The summed E-state index contributed by atoms with van der Waals surface area (Å²) in [5.74, 6) is 0.683. The summed E-state index contributed by atoms with van der Waals surface area (Å²) in [5, 5.41) is 10.8. The maximum absolute atomic E-state index is 11.7. The number of rotatable bonds is 6. The summed E-state index contributed by atoms with van der Waals surface area (Å²) in [6.45, 7) is 3.91. The second-order valence-corrected chi connectivity index (χ2v) is 8.63. The van der Waals surface area contributed by atoms with Gasteiger partial charge in [-0.2, -0.15) is 5.10 Å². The van der Waals surface area contributed by atoms with E-state index in [9.17, 15) is 4.79 Å². The second-order valence-electron chi connectivity index (χ2n) is 8.63. The maximum Gasteiger partial charge on any atom is 0.428 e. The third kappa shape index (κ3) is 5.56. The van der Waals surface area contributed by atoms with Gasteiger partial charge in [-0.15, -0.1) is 5.06 Å². The molecule has 2 aromatic heterocycles. The minimum atomic E-state index is -0.339. The van der Waals surface area contributed by atoms with Gasteiger partial charge in [0, 0.05) is 71.0 Å². The number of aromatic nitrogens is 4. The fourth-order valence-electron chi connectivity index (χ4n) is 3.89. The molecule has 1 saturated heterocycles. The highest BCUT2D eigenvalue weighted by molar-refractivity contribution is 5.84. The van der Waals surface area contributed by atoms with Crippen molar-refractivity contribution < 1.29 is 14.4 Å². The number of piperazine rings is 1. The first kappa shape index (κ1) is 22.8. The number of nitrogens with one attached hydrogen (secondary N) is 1. The molecular weight excluding hydrogens is 446 g/mol. The van der Waals surface area contributed by atoms with Crippen LogP contribution in [0.25, 0.3) is 22.0 Å². The fraction of sp³-hybridized carbons (Fsp3) is 0.280. The van der Waals surface area contributed by atoms with E-state index >= 15 is 0 Å². The number of hydrogen-bond donors (Lipinski definition) is 1. The summed E-state index contributed by atoms with van der Waals surface area (Å²) in [4.78, 5) is 29.5. The summed E-state index contributed by atoms with van der Waals surface area (Å²) >= 11 is 0. The molecule has 0 spiro atoms. The van der Waals surface area contributed by atoms with Gasteiger partial charge in [0.2, 0.25) is 0 Å². The van der Waals surface area contributed by atoms with E-state index in [1.165, 1.54) is 10.5 Å². The third-order valence-electron chi connectivity index (χ3n) is 5.83. The molecule has 10 nitrogen and oxygen atoms in total. The Morgan fingerprint density at radius 1 is 1.00 bits per heavy atom. The van der Waals surface area contributed by atoms with Gasteiger partial charge in [-0.05, 0) is 40.6 Å². The zero-order valence-electron chi connectivity index (χ0n) is 19.7. The molecular formula is C25H27N7O3. The van der Waals surface area contributed by atoms with Crippen LogP contribution in [0.2, 0.25) is 0 Å². The molecule has 3 heterocycles. The third-order valence-corrected chi connectivity index (χ3v) is 5.83. The largest absolute Gasteiger partial charge is 0.428 e. The maximum atomic E-state index is 11.7. The number of benzene rings is 2. The van der Waals surface area contributed by atoms with Gasteiger partial charge >= 0.3 is 12.1 Å². The molecule has 180 valence electrons. The van der Waals surface area contributed by atoms with Gasteiger partial charge < -0.3 is 14.5 Å². The van der Waals surface area contributed by atoms with Crippen molar-refractivity contribution in [3.05, 3.63) is 66.6 Å². The minimum Gasteiger partial charge on any atom is -0.424 e. The lowest BCUT2D eigenvalue weighted by molar-refractivity contribution is -0.131. The Morgan fingerprint density at radius 2 is 1.74 bits per heavy atom.